The van der Waals surface area contributed by atoms with Crippen LogP contribution in [-0.2, 0) is 14.3 Å². The molecule has 2 amide bonds. The predicted molar refractivity (Wildman–Crippen MR) is 117 cm³/mol. The first-order valence-corrected chi connectivity index (χ1v) is 10.7. The van der Waals surface area contributed by atoms with Gasteiger partial charge in [0, 0.05) is 28.2 Å². The molecule has 0 unspecified atom stereocenters. The standard InChI is InChI=1S/C24H21N3O6/c1-13(11-28)26-10-20(29)27-21(23(26)30)22(16-9-25-17-5-3-2-4-15(16)17)33-24(27)14-6-7-18-19(8-14)32-12-31-18/h2-9,13,24-25,28H,10-12H2,1H3/t13-,24-/m0/s1. The zero-order valence-electron chi connectivity index (χ0n) is 17.8. The molecule has 2 aromatic carbocycles. The number of nitrogens with one attached hydrogen (secondary N) is 1. The van der Waals surface area contributed by atoms with Crippen molar-refractivity contribution in [3.05, 3.63) is 65.5 Å². The summed E-state index contributed by atoms with van der Waals surface area (Å²) in [4.78, 5) is 32.9. The zero-order chi connectivity index (χ0) is 22.7. The zero-order valence-corrected chi connectivity index (χ0v) is 17.8. The van der Waals surface area contributed by atoms with Crippen molar-refractivity contribution in [1.82, 2.24) is 14.8 Å². The van der Waals surface area contributed by atoms with Crippen molar-refractivity contribution in [1.29, 1.82) is 0 Å². The summed E-state index contributed by atoms with van der Waals surface area (Å²) in [6, 6.07) is 12.5. The van der Waals surface area contributed by atoms with Crippen LogP contribution < -0.4 is 9.47 Å². The molecular formula is C24H21N3O6. The van der Waals surface area contributed by atoms with Crippen LogP contribution in [0.3, 0.4) is 0 Å². The van der Waals surface area contributed by atoms with Crippen molar-refractivity contribution in [3.63, 3.8) is 0 Å². The molecule has 3 aliphatic heterocycles. The van der Waals surface area contributed by atoms with Gasteiger partial charge in [0.25, 0.3) is 5.91 Å². The minimum Gasteiger partial charge on any atom is -0.463 e. The van der Waals surface area contributed by atoms with E-state index in [1.54, 1.807) is 31.3 Å². The van der Waals surface area contributed by atoms with Crippen LogP contribution in [0.5, 0.6) is 11.5 Å². The molecule has 33 heavy (non-hydrogen) atoms. The lowest BCUT2D eigenvalue weighted by Gasteiger charge is -2.37. The molecule has 9 heteroatoms. The maximum absolute atomic E-state index is 13.6. The van der Waals surface area contributed by atoms with Gasteiger partial charge in [0.2, 0.25) is 18.9 Å². The number of hydrogen-bond donors (Lipinski definition) is 2. The Labute approximate surface area is 188 Å². The van der Waals surface area contributed by atoms with Crippen LogP contribution in [-0.4, -0.2) is 57.7 Å². The summed E-state index contributed by atoms with van der Waals surface area (Å²) in [5, 5.41) is 10.5. The van der Waals surface area contributed by atoms with E-state index in [4.69, 9.17) is 14.2 Å². The number of piperazine rings is 1. The summed E-state index contributed by atoms with van der Waals surface area (Å²) in [5.41, 5.74) is 2.40. The van der Waals surface area contributed by atoms with Gasteiger partial charge in [0.15, 0.2) is 23.0 Å². The molecular weight excluding hydrogens is 426 g/mol. The molecule has 9 nitrogen and oxygen atoms in total. The van der Waals surface area contributed by atoms with Gasteiger partial charge in [-0.1, -0.05) is 18.2 Å². The quantitative estimate of drug-likeness (QED) is 0.636. The molecule has 1 aromatic heterocycles. The Kier molecular flexibility index (Phi) is 4.34. The molecule has 2 N–H and O–H groups in total. The van der Waals surface area contributed by atoms with Gasteiger partial charge in [-0.25, -0.2) is 0 Å². The number of amides is 2. The number of para-hydroxylation sites is 1. The third-order valence-corrected chi connectivity index (χ3v) is 6.27. The fourth-order valence-corrected chi connectivity index (χ4v) is 4.52. The van der Waals surface area contributed by atoms with Gasteiger partial charge in [-0.2, -0.15) is 0 Å². The van der Waals surface area contributed by atoms with E-state index in [0.717, 1.165) is 10.9 Å². The highest BCUT2D eigenvalue weighted by Gasteiger charge is 2.49. The van der Waals surface area contributed by atoms with E-state index in [1.807, 2.05) is 24.3 Å². The summed E-state index contributed by atoms with van der Waals surface area (Å²) < 4.78 is 17.3. The van der Waals surface area contributed by atoms with Crippen molar-refractivity contribution in [3.8, 4) is 11.5 Å². The third-order valence-electron chi connectivity index (χ3n) is 6.27. The maximum Gasteiger partial charge on any atom is 0.275 e. The molecule has 0 aliphatic carbocycles. The Hall–Kier alpha value is -3.98. The molecule has 0 radical (unpaired) electrons. The van der Waals surface area contributed by atoms with Crippen LogP contribution in [0.15, 0.2) is 54.4 Å². The third kappa shape index (κ3) is 2.89. The highest BCUT2D eigenvalue weighted by atomic mass is 16.7. The van der Waals surface area contributed by atoms with Gasteiger partial charge in [-0.15, -0.1) is 0 Å². The average Bonchev–Trinajstić information content (AvgIpc) is 3.56. The number of rotatable bonds is 4. The van der Waals surface area contributed by atoms with Crippen LogP contribution >= 0.6 is 0 Å². The van der Waals surface area contributed by atoms with Crippen molar-refractivity contribution in [2.24, 2.45) is 0 Å². The van der Waals surface area contributed by atoms with Gasteiger partial charge < -0.3 is 29.2 Å². The van der Waals surface area contributed by atoms with Crippen LogP contribution in [0.25, 0.3) is 16.7 Å². The molecule has 3 aromatic rings. The van der Waals surface area contributed by atoms with Crippen molar-refractivity contribution in [2.45, 2.75) is 19.2 Å². The fourth-order valence-electron chi connectivity index (χ4n) is 4.52. The Morgan fingerprint density at radius 2 is 1.97 bits per heavy atom. The van der Waals surface area contributed by atoms with E-state index in [9.17, 15) is 14.7 Å². The highest BCUT2D eigenvalue weighted by Crippen LogP contribution is 2.46. The lowest BCUT2D eigenvalue weighted by atomic mass is 10.1. The lowest BCUT2D eigenvalue weighted by Crippen LogP contribution is -2.55. The first-order chi connectivity index (χ1) is 16.1. The lowest BCUT2D eigenvalue weighted by molar-refractivity contribution is -0.151. The second-order valence-corrected chi connectivity index (χ2v) is 8.24. The molecule has 0 spiro atoms. The molecule has 1 saturated heterocycles. The topological polar surface area (TPSA) is 104 Å². The van der Waals surface area contributed by atoms with Crippen LogP contribution in [0.2, 0.25) is 0 Å². The van der Waals surface area contributed by atoms with E-state index in [2.05, 4.69) is 4.98 Å². The first kappa shape index (κ1) is 19.7. The van der Waals surface area contributed by atoms with E-state index < -0.39 is 12.3 Å². The van der Waals surface area contributed by atoms with Gasteiger partial charge in [-0.3, -0.25) is 14.5 Å². The molecule has 6 rings (SSSR count). The molecule has 1 fully saturated rings. The summed E-state index contributed by atoms with van der Waals surface area (Å²) in [5.74, 6) is 0.848. The number of hydrogen-bond acceptors (Lipinski definition) is 6. The summed E-state index contributed by atoms with van der Waals surface area (Å²) >= 11 is 0. The molecule has 4 heterocycles. The molecule has 0 saturated carbocycles. The number of aromatic amines is 1. The molecule has 0 bridgehead atoms. The van der Waals surface area contributed by atoms with Gasteiger partial charge >= 0.3 is 0 Å². The molecule has 2 atom stereocenters. The van der Waals surface area contributed by atoms with Crippen LogP contribution in [0, 0.1) is 0 Å². The number of fused-ring (bicyclic) bond motifs is 3. The minimum atomic E-state index is -0.832. The Morgan fingerprint density at radius 3 is 2.82 bits per heavy atom. The second-order valence-electron chi connectivity index (χ2n) is 8.24. The second kappa shape index (κ2) is 7.28. The Morgan fingerprint density at radius 1 is 1.15 bits per heavy atom. The molecule has 3 aliphatic rings. The number of carbonyl (C=O) groups is 2. The minimum absolute atomic E-state index is 0.129. The van der Waals surface area contributed by atoms with Crippen molar-refractivity contribution >= 4 is 28.5 Å². The summed E-state index contributed by atoms with van der Waals surface area (Å²) in [6.45, 7) is 1.44. The summed E-state index contributed by atoms with van der Waals surface area (Å²) in [6.07, 6.45) is 0.945. The van der Waals surface area contributed by atoms with Crippen LogP contribution in [0.1, 0.15) is 24.3 Å². The van der Waals surface area contributed by atoms with Crippen molar-refractivity contribution < 1.29 is 28.9 Å². The number of H-pyrrole nitrogens is 1. The van der Waals surface area contributed by atoms with Crippen LogP contribution in [0.4, 0.5) is 0 Å². The normalized spacial score (nSPS) is 20.5. The SMILES string of the molecule is C[C@@H](CO)N1CC(=O)N2C(=C(c3c[nH]c4ccccc34)O[C@H]2c2ccc3c(c2)OCO3)C1=O. The molecule has 168 valence electrons. The number of nitrogens with zero attached hydrogens (tertiary/aromatic N) is 2. The monoisotopic (exact) mass is 447 g/mol. The maximum atomic E-state index is 13.6. The van der Waals surface area contributed by atoms with Crippen molar-refractivity contribution in [2.75, 3.05) is 19.9 Å². The Balaban J connectivity index is 1.51. The number of aliphatic hydroxyl groups is 1. The van der Waals surface area contributed by atoms with Gasteiger partial charge in [-0.05, 0) is 31.2 Å². The summed E-state index contributed by atoms with van der Waals surface area (Å²) in [7, 11) is 0. The Bertz CT molecular complexity index is 1330. The smallest absolute Gasteiger partial charge is 0.275 e. The highest BCUT2D eigenvalue weighted by molar-refractivity contribution is 6.10. The number of benzene rings is 2. The first-order valence-electron chi connectivity index (χ1n) is 10.7. The number of carbonyl (C=O) groups excluding carboxylic acids is 2. The number of aromatic nitrogens is 1. The van der Waals surface area contributed by atoms with Gasteiger partial charge in [0.1, 0.15) is 6.54 Å². The largest absolute Gasteiger partial charge is 0.463 e. The van der Waals surface area contributed by atoms with E-state index >= 15 is 0 Å². The fraction of sp³-hybridized carbons (Fsp3) is 0.250. The predicted octanol–water partition coefficient (Wildman–Crippen LogP) is 2.35. The number of ether oxygens (including phenoxy) is 3. The van der Waals surface area contributed by atoms with E-state index in [-0.39, 0.29) is 37.5 Å². The average molecular weight is 447 g/mol. The number of aliphatic hydroxyl groups excluding tert-OH is 1. The van der Waals surface area contributed by atoms with E-state index in [0.29, 0.717) is 28.4 Å². The van der Waals surface area contributed by atoms with E-state index in [1.165, 1.54) is 9.80 Å². The van der Waals surface area contributed by atoms with Gasteiger partial charge in [0.05, 0.1) is 12.6 Å².